The molecule has 2 rings (SSSR count). The minimum Gasteiger partial charge on any atom is -0.361 e. The van der Waals surface area contributed by atoms with Crippen molar-refractivity contribution in [1.82, 2.24) is 5.06 Å². The van der Waals surface area contributed by atoms with Crippen LogP contribution in [0.3, 0.4) is 0 Å². The van der Waals surface area contributed by atoms with Crippen LogP contribution in [0.25, 0.3) is 0 Å². The monoisotopic (exact) mass is 283 g/mol. The van der Waals surface area contributed by atoms with E-state index in [1.165, 1.54) is 44.9 Å². The van der Waals surface area contributed by atoms with Crippen molar-refractivity contribution in [1.29, 1.82) is 0 Å². The Morgan fingerprint density at radius 1 is 1.25 bits per heavy atom. The lowest BCUT2D eigenvalue weighted by Gasteiger charge is -2.48. The van der Waals surface area contributed by atoms with E-state index in [0.717, 1.165) is 18.9 Å². The number of nitrogens with zero attached hydrogens (tertiary/aromatic N) is 1. The van der Waals surface area contributed by atoms with Gasteiger partial charge in [0.25, 0.3) is 0 Å². The summed E-state index contributed by atoms with van der Waals surface area (Å²) in [6.45, 7) is 8.06. The SMILES string of the molecule is CCC1CC(N(OC)[C@H]2CCCCO2)CCC1(C)CC. The van der Waals surface area contributed by atoms with Crippen molar-refractivity contribution in [2.45, 2.75) is 84.4 Å². The van der Waals surface area contributed by atoms with E-state index >= 15 is 0 Å². The van der Waals surface area contributed by atoms with Gasteiger partial charge in [-0.2, -0.15) is 5.06 Å². The molecule has 0 N–H and O–H groups in total. The molecule has 1 saturated heterocycles. The van der Waals surface area contributed by atoms with Crippen LogP contribution in [-0.2, 0) is 9.57 Å². The highest BCUT2D eigenvalue weighted by Gasteiger charge is 2.41. The summed E-state index contributed by atoms with van der Waals surface area (Å²) < 4.78 is 5.93. The van der Waals surface area contributed by atoms with Gasteiger partial charge in [0.05, 0.1) is 7.11 Å². The van der Waals surface area contributed by atoms with E-state index in [0.29, 0.717) is 11.5 Å². The van der Waals surface area contributed by atoms with Crippen LogP contribution in [0, 0.1) is 11.3 Å². The van der Waals surface area contributed by atoms with E-state index in [2.05, 4.69) is 25.8 Å². The lowest BCUT2D eigenvalue weighted by molar-refractivity contribution is -0.276. The first-order valence-electron chi connectivity index (χ1n) is 8.58. The number of rotatable bonds is 5. The third kappa shape index (κ3) is 3.37. The smallest absolute Gasteiger partial charge is 0.133 e. The summed E-state index contributed by atoms with van der Waals surface area (Å²) in [5, 5.41) is 2.18. The van der Waals surface area contributed by atoms with Crippen LogP contribution in [-0.4, -0.2) is 31.0 Å². The average Bonchev–Trinajstić information content (AvgIpc) is 2.50. The molecule has 118 valence electrons. The fourth-order valence-electron chi connectivity index (χ4n) is 4.21. The van der Waals surface area contributed by atoms with Crippen molar-refractivity contribution >= 4 is 0 Å². The summed E-state index contributed by atoms with van der Waals surface area (Å²) in [5.74, 6) is 0.812. The van der Waals surface area contributed by atoms with Crippen molar-refractivity contribution in [2.24, 2.45) is 11.3 Å². The zero-order valence-electron chi connectivity index (χ0n) is 13.9. The lowest BCUT2D eigenvalue weighted by Crippen LogP contribution is -2.49. The Bertz CT molecular complexity index is 291. The molecule has 1 heterocycles. The highest BCUT2D eigenvalue weighted by Crippen LogP contribution is 2.46. The van der Waals surface area contributed by atoms with Gasteiger partial charge in [-0.15, -0.1) is 0 Å². The average molecular weight is 283 g/mol. The van der Waals surface area contributed by atoms with Gasteiger partial charge in [0.15, 0.2) is 0 Å². The molecule has 0 aromatic heterocycles. The highest BCUT2D eigenvalue weighted by molar-refractivity contribution is 4.90. The fourth-order valence-corrected chi connectivity index (χ4v) is 4.21. The second kappa shape index (κ2) is 7.24. The van der Waals surface area contributed by atoms with Crippen LogP contribution in [0.1, 0.15) is 72.1 Å². The summed E-state index contributed by atoms with van der Waals surface area (Å²) in [6, 6.07) is 0.535. The molecule has 20 heavy (non-hydrogen) atoms. The number of ether oxygens (including phenoxy) is 1. The van der Waals surface area contributed by atoms with Crippen molar-refractivity contribution in [3.63, 3.8) is 0 Å². The van der Waals surface area contributed by atoms with Crippen molar-refractivity contribution in [3.8, 4) is 0 Å². The maximum absolute atomic E-state index is 5.93. The topological polar surface area (TPSA) is 21.7 Å². The Morgan fingerprint density at radius 2 is 2.05 bits per heavy atom. The molecule has 0 amide bonds. The Hall–Kier alpha value is -0.120. The van der Waals surface area contributed by atoms with Crippen LogP contribution in [0.2, 0.25) is 0 Å². The van der Waals surface area contributed by atoms with E-state index in [-0.39, 0.29) is 6.23 Å². The maximum Gasteiger partial charge on any atom is 0.133 e. The second-order valence-corrected chi connectivity index (χ2v) is 6.90. The van der Waals surface area contributed by atoms with Gasteiger partial charge in [-0.25, -0.2) is 0 Å². The first-order chi connectivity index (χ1) is 9.64. The summed E-state index contributed by atoms with van der Waals surface area (Å²) in [6.07, 6.45) is 10.2. The maximum atomic E-state index is 5.93. The van der Waals surface area contributed by atoms with E-state index in [1.54, 1.807) is 0 Å². The van der Waals surface area contributed by atoms with Crippen molar-refractivity contribution in [2.75, 3.05) is 13.7 Å². The predicted molar refractivity (Wildman–Crippen MR) is 82.3 cm³/mol. The standard InChI is InChI=1S/C17H33NO2/c1-5-14-13-15(10-11-17(14,3)6-2)18(19-4)16-9-7-8-12-20-16/h14-16H,5-13H2,1-4H3/t14?,15?,16-,17?/m1/s1. The van der Waals surface area contributed by atoms with Gasteiger partial charge in [0.2, 0.25) is 0 Å². The van der Waals surface area contributed by atoms with Crippen LogP contribution in [0.4, 0.5) is 0 Å². The number of hydrogen-bond donors (Lipinski definition) is 0. The molecule has 2 aliphatic rings. The summed E-state index contributed by atoms with van der Waals surface area (Å²) in [5.41, 5.74) is 0.526. The van der Waals surface area contributed by atoms with Gasteiger partial charge in [-0.1, -0.05) is 33.6 Å². The Kier molecular flexibility index (Phi) is 5.88. The van der Waals surface area contributed by atoms with Crippen LogP contribution >= 0.6 is 0 Å². The predicted octanol–water partition coefficient (Wildman–Crippen LogP) is 4.37. The van der Waals surface area contributed by atoms with Gasteiger partial charge >= 0.3 is 0 Å². The summed E-state index contributed by atoms with van der Waals surface area (Å²) >= 11 is 0. The number of hydrogen-bond acceptors (Lipinski definition) is 3. The Morgan fingerprint density at radius 3 is 2.60 bits per heavy atom. The van der Waals surface area contributed by atoms with Crippen molar-refractivity contribution < 1.29 is 9.57 Å². The molecule has 1 saturated carbocycles. The molecule has 3 heteroatoms. The summed E-state index contributed by atoms with van der Waals surface area (Å²) in [7, 11) is 1.81. The summed E-state index contributed by atoms with van der Waals surface area (Å²) in [4.78, 5) is 5.73. The molecular weight excluding hydrogens is 250 g/mol. The second-order valence-electron chi connectivity index (χ2n) is 6.90. The molecule has 0 radical (unpaired) electrons. The molecule has 0 aromatic rings. The molecule has 4 atom stereocenters. The van der Waals surface area contributed by atoms with Gasteiger partial charge in [-0.05, 0) is 49.9 Å². The van der Waals surface area contributed by atoms with Crippen LogP contribution in [0.15, 0.2) is 0 Å². The van der Waals surface area contributed by atoms with Gasteiger partial charge in [-0.3, -0.25) is 4.84 Å². The van der Waals surface area contributed by atoms with E-state index in [9.17, 15) is 0 Å². The quantitative estimate of drug-likeness (QED) is 0.699. The minimum absolute atomic E-state index is 0.183. The zero-order valence-corrected chi connectivity index (χ0v) is 13.9. The van der Waals surface area contributed by atoms with Gasteiger partial charge in [0, 0.05) is 12.6 Å². The first-order valence-corrected chi connectivity index (χ1v) is 8.58. The van der Waals surface area contributed by atoms with E-state index < -0.39 is 0 Å². The molecule has 2 fully saturated rings. The van der Waals surface area contributed by atoms with Crippen LogP contribution in [0.5, 0.6) is 0 Å². The normalized spacial score (nSPS) is 39.1. The highest BCUT2D eigenvalue weighted by atomic mass is 16.7. The van der Waals surface area contributed by atoms with E-state index in [1.807, 2.05) is 7.11 Å². The van der Waals surface area contributed by atoms with Crippen LogP contribution < -0.4 is 0 Å². The fraction of sp³-hybridized carbons (Fsp3) is 1.00. The molecule has 0 bridgehead atoms. The molecule has 0 spiro atoms. The van der Waals surface area contributed by atoms with Gasteiger partial charge in [0.1, 0.15) is 6.23 Å². The van der Waals surface area contributed by atoms with Gasteiger partial charge < -0.3 is 4.74 Å². The number of hydroxylamine groups is 2. The molecule has 1 aliphatic heterocycles. The third-order valence-corrected chi connectivity index (χ3v) is 5.90. The Balaban J connectivity index is 2.00. The lowest BCUT2D eigenvalue weighted by atomic mass is 9.63. The molecule has 0 aromatic carbocycles. The largest absolute Gasteiger partial charge is 0.361 e. The van der Waals surface area contributed by atoms with E-state index in [4.69, 9.17) is 9.57 Å². The Labute approximate surface area is 125 Å². The third-order valence-electron chi connectivity index (χ3n) is 5.90. The molecule has 3 nitrogen and oxygen atoms in total. The first kappa shape index (κ1) is 16.3. The zero-order chi connectivity index (χ0) is 14.6. The molecule has 1 aliphatic carbocycles. The molecule has 3 unspecified atom stereocenters. The molecular formula is C17H33NO2. The minimum atomic E-state index is 0.183. The van der Waals surface area contributed by atoms with Crippen molar-refractivity contribution in [3.05, 3.63) is 0 Å².